The minimum atomic E-state index is -0.641. The maximum atomic E-state index is 12.5. The van der Waals surface area contributed by atoms with Gasteiger partial charge in [-0.3, -0.25) is 4.79 Å². The Morgan fingerprint density at radius 2 is 2.09 bits per heavy atom. The van der Waals surface area contributed by atoms with Crippen molar-refractivity contribution in [2.24, 2.45) is 5.92 Å². The van der Waals surface area contributed by atoms with Gasteiger partial charge in [-0.15, -0.1) is 0 Å². The van der Waals surface area contributed by atoms with Crippen molar-refractivity contribution in [3.8, 4) is 6.07 Å². The number of amides is 1. The summed E-state index contributed by atoms with van der Waals surface area (Å²) in [6.45, 7) is 0. The second-order valence-corrected chi connectivity index (χ2v) is 7.65. The lowest BCUT2D eigenvalue weighted by molar-refractivity contribution is -0.123. The molecule has 4 rings (SSSR count). The molecular weight excluding hydrogens is 304 g/mol. The van der Waals surface area contributed by atoms with Crippen LogP contribution in [0.4, 0.5) is 0 Å². The summed E-state index contributed by atoms with van der Waals surface area (Å²) in [5, 5.41) is 14.9. The van der Waals surface area contributed by atoms with E-state index in [2.05, 4.69) is 41.7 Å². The molecule has 3 nitrogen and oxygen atoms in total. The monoisotopic (exact) mass is 322 g/mol. The van der Waals surface area contributed by atoms with Gasteiger partial charge < -0.3 is 5.32 Å². The number of nitrogens with one attached hydrogen (secondary N) is 1. The maximum absolute atomic E-state index is 12.5. The van der Waals surface area contributed by atoms with E-state index < -0.39 is 5.54 Å². The first-order chi connectivity index (χ1) is 11.2. The molecule has 116 valence electrons. The van der Waals surface area contributed by atoms with E-state index >= 15 is 0 Å². The molecule has 0 aromatic heterocycles. The van der Waals surface area contributed by atoms with Gasteiger partial charge in [0, 0.05) is 11.7 Å². The van der Waals surface area contributed by atoms with Crippen LogP contribution in [0.25, 0.3) is 10.8 Å². The SMILES string of the molecule is N#C[C@]1(NC(=O)[C@@H]2C[C@@H]2c2ccc3ccccc3c2)CCSC1. The van der Waals surface area contributed by atoms with Crippen molar-refractivity contribution < 1.29 is 4.79 Å². The molecule has 1 saturated heterocycles. The third-order valence-corrected chi connectivity index (χ3v) is 6.12. The summed E-state index contributed by atoms with van der Waals surface area (Å²) < 4.78 is 0. The number of carbonyl (C=O) groups excluding carboxylic acids is 1. The minimum Gasteiger partial charge on any atom is -0.337 e. The predicted molar refractivity (Wildman–Crippen MR) is 93.2 cm³/mol. The third-order valence-electron chi connectivity index (χ3n) is 4.93. The van der Waals surface area contributed by atoms with Crippen molar-refractivity contribution in [3.63, 3.8) is 0 Å². The highest BCUT2D eigenvalue weighted by Crippen LogP contribution is 2.48. The van der Waals surface area contributed by atoms with E-state index in [0.29, 0.717) is 11.7 Å². The van der Waals surface area contributed by atoms with E-state index in [0.717, 1.165) is 18.6 Å². The van der Waals surface area contributed by atoms with E-state index in [9.17, 15) is 10.1 Å². The van der Waals surface area contributed by atoms with E-state index in [1.54, 1.807) is 11.8 Å². The quantitative estimate of drug-likeness (QED) is 0.941. The summed E-state index contributed by atoms with van der Waals surface area (Å²) in [6.07, 6.45) is 1.64. The van der Waals surface area contributed by atoms with Crippen LogP contribution in [-0.4, -0.2) is 23.0 Å². The number of hydrogen-bond donors (Lipinski definition) is 1. The molecule has 2 aliphatic rings. The van der Waals surface area contributed by atoms with Crippen LogP contribution in [0, 0.1) is 17.2 Å². The smallest absolute Gasteiger partial charge is 0.225 e. The minimum absolute atomic E-state index is 0.0204. The van der Waals surface area contributed by atoms with E-state index in [4.69, 9.17) is 0 Å². The lowest BCUT2D eigenvalue weighted by Gasteiger charge is -2.21. The first-order valence-electron chi connectivity index (χ1n) is 8.00. The second kappa shape index (κ2) is 5.58. The molecule has 0 spiro atoms. The molecule has 1 N–H and O–H groups in total. The maximum Gasteiger partial charge on any atom is 0.225 e. The highest BCUT2D eigenvalue weighted by atomic mass is 32.2. The number of nitriles is 1. The van der Waals surface area contributed by atoms with E-state index in [1.165, 1.54) is 16.3 Å². The summed E-state index contributed by atoms with van der Waals surface area (Å²) in [6, 6.07) is 17.1. The third kappa shape index (κ3) is 2.70. The molecule has 2 aromatic rings. The van der Waals surface area contributed by atoms with Gasteiger partial charge in [-0.1, -0.05) is 42.5 Å². The summed E-state index contributed by atoms with van der Waals surface area (Å²) in [4.78, 5) is 12.5. The fourth-order valence-electron chi connectivity index (χ4n) is 3.40. The summed E-state index contributed by atoms with van der Waals surface area (Å²) in [7, 11) is 0. The molecule has 23 heavy (non-hydrogen) atoms. The predicted octanol–water partition coefficient (Wildman–Crippen LogP) is 3.46. The molecule has 3 atom stereocenters. The molecule has 1 amide bonds. The van der Waals surface area contributed by atoms with Crippen molar-refractivity contribution >= 4 is 28.4 Å². The molecule has 1 heterocycles. The van der Waals surface area contributed by atoms with Crippen molar-refractivity contribution in [2.75, 3.05) is 11.5 Å². The molecule has 0 unspecified atom stereocenters. The number of hydrogen-bond acceptors (Lipinski definition) is 3. The van der Waals surface area contributed by atoms with Crippen LogP contribution in [0.3, 0.4) is 0 Å². The van der Waals surface area contributed by atoms with E-state index in [-0.39, 0.29) is 11.8 Å². The first-order valence-corrected chi connectivity index (χ1v) is 9.16. The summed E-state index contributed by atoms with van der Waals surface area (Å²) in [5.74, 6) is 2.03. The van der Waals surface area contributed by atoms with Gasteiger partial charge in [0.1, 0.15) is 5.54 Å². The van der Waals surface area contributed by atoms with Crippen LogP contribution in [0.2, 0.25) is 0 Å². The van der Waals surface area contributed by atoms with Crippen LogP contribution >= 0.6 is 11.8 Å². The van der Waals surface area contributed by atoms with Crippen molar-refractivity contribution in [1.29, 1.82) is 5.26 Å². The lowest BCUT2D eigenvalue weighted by atomic mass is 10.00. The Morgan fingerprint density at radius 3 is 2.83 bits per heavy atom. The number of carbonyl (C=O) groups is 1. The lowest BCUT2D eigenvalue weighted by Crippen LogP contribution is -2.48. The van der Waals surface area contributed by atoms with Crippen LogP contribution in [-0.2, 0) is 4.79 Å². The molecule has 2 aromatic carbocycles. The van der Waals surface area contributed by atoms with Crippen molar-refractivity contribution in [1.82, 2.24) is 5.32 Å². The zero-order chi connectivity index (χ0) is 15.9. The van der Waals surface area contributed by atoms with Crippen LogP contribution in [0.1, 0.15) is 24.3 Å². The molecule has 1 saturated carbocycles. The Morgan fingerprint density at radius 1 is 1.26 bits per heavy atom. The summed E-state index contributed by atoms with van der Waals surface area (Å²) >= 11 is 1.74. The largest absolute Gasteiger partial charge is 0.337 e. The Hall–Kier alpha value is -1.99. The summed E-state index contributed by atoms with van der Waals surface area (Å²) in [5.41, 5.74) is 0.591. The average molecular weight is 322 g/mol. The van der Waals surface area contributed by atoms with Gasteiger partial charge in [0.15, 0.2) is 0 Å². The first kappa shape index (κ1) is 14.6. The number of rotatable bonds is 3. The van der Waals surface area contributed by atoms with Gasteiger partial charge in [-0.05, 0) is 40.8 Å². The standard InChI is InChI=1S/C19H18N2OS/c20-11-19(7-8-23-12-19)21-18(22)17-10-16(17)15-6-5-13-3-1-2-4-14(13)9-15/h1-6,9,16-17H,7-8,10,12H2,(H,21,22)/t16-,17-,19-/m1/s1. The Labute approximate surface area is 140 Å². The molecule has 1 aliphatic carbocycles. The van der Waals surface area contributed by atoms with Gasteiger partial charge >= 0.3 is 0 Å². The fraction of sp³-hybridized carbons (Fsp3) is 0.368. The second-order valence-electron chi connectivity index (χ2n) is 6.54. The Bertz CT molecular complexity index is 804. The Kier molecular flexibility index (Phi) is 3.54. The Balaban J connectivity index is 1.48. The topological polar surface area (TPSA) is 52.9 Å². The van der Waals surface area contributed by atoms with E-state index in [1.807, 2.05) is 12.1 Å². The van der Waals surface area contributed by atoms with Gasteiger partial charge in [0.2, 0.25) is 5.91 Å². The molecule has 1 aliphatic heterocycles. The highest BCUT2D eigenvalue weighted by molar-refractivity contribution is 7.99. The number of benzene rings is 2. The highest BCUT2D eigenvalue weighted by Gasteiger charge is 2.47. The number of fused-ring (bicyclic) bond motifs is 1. The normalized spacial score (nSPS) is 29.2. The van der Waals surface area contributed by atoms with Gasteiger partial charge in [-0.25, -0.2) is 0 Å². The van der Waals surface area contributed by atoms with Gasteiger partial charge in [-0.2, -0.15) is 17.0 Å². The van der Waals surface area contributed by atoms with Crippen molar-refractivity contribution in [3.05, 3.63) is 48.0 Å². The molecule has 2 fully saturated rings. The van der Waals surface area contributed by atoms with Crippen LogP contribution < -0.4 is 5.32 Å². The molecule has 4 heteroatoms. The van der Waals surface area contributed by atoms with Gasteiger partial charge in [0.05, 0.1) is 6.07 Å². The zero-order valence-electron chi connectivity index (χ0n) is 12.8. The zero-order valence-corrected chi connectivity index (χ0v) is 13.6. The fourth-order valence-corrected chi connectivity index (χ4v) is 4.67. The van der Waals surface area contributed by atoms with Crippen molar-refractivity contribution in [2.45, 2.75) is 24.3 Å². The number of nitrogens with zero attached hydrogens (tertiary/aromatic N) is 1. The van der Waals surface area contributed by atoms with Crippen LogP contribution in [0.15, 0.2) is 42.5 Å². The molecular formula is C19H18N2OS. The molecule has 0 radical (unpaired) electrons. The van der Waals surface area contributed by atoms with Crippen LogP contribution in [0.5, 0.6) is 0 Å². The number of thioether (sulfide) groups is 1. The average Bonchev–Trinajstić information content (AvgIpc) is 3.27. The molecule has 0 bridgehead atoms. The van der Waals surface area contributed by atoms with Gasteiger partial charge in [0.25, 0.3) is 0 Å².